The minimum Gasteiger partial charge on any atom is -0.467 e. The smallest absolute Gasteiger partial charge is 0.251 e. The van der Waals surface area contributed by atoms with Gasteiger partial charge in [-0.05, 0) is 37.3 Å². The molecular weight excluding hydrogens is 282 g/mol. The second-order valence-electron chi connectivity index (χ2n) is 5.16. The summed E-state index contributed by atoms with van der Waals surface area (Å²) in [4.78, 5) is 16.6. The molecule has 2 aromatic heterocycles. The number of aryl methyl sites for hydroxylation is 2. The third-order valence-electron chi connectivity index (χ3n) is 3.69. The van der Waals surface area contributed by atoms with E-state index in [-0.39, 0.29) is 12.5 Å². The number of aliphatic hydroxyl groups excluding tert-OH is 1. The summed E-state index contributed by atoms with van der Waals surface area (Å²) in [5, 5.41) is 12.6. The third-order valence-corrected chi connectivity index (χ3v) is 3.69. The van der Waals surface area contributed by atoms with Crippen molar-refractivity contribution in [3.05, 3.63) is 53.7 Å². The summed E-state index contributed by atoms with van der Waals surface area (Å²) in [5.74, 6) is 1.06. The van der Waals surface area contributed by atoms with Gasteiger partial charge in [-0.3, -0.25) is 4.79 Å². The number of furan rings is 1. The highest BCUT2D eigenvalue weighted by Gasteiger charge is 2.14. The van der Waals surface area contributed by atoms with Gasteiger partial charge < -0.3 is 19.4 Å². The number of rotatable bonds is 4. The van der Waals surface area contributed by atoms with Crippen LogP contribution in [-0.2, 0) is 7.05 Å². The Morgan fingerprint density at radius 1 is 1.45 bits per heavy atom. The Kier molecular flexibility index (Phi) is 3.68. The van der Waals surface area contributed by atoms with Crippen molar-refractivity contribution in [2.45, 2.75) is 13.0 Å². The zero-order chi connectivity index (χ0) is 15.7. The normalized spacial score (nSPS) is 12.5. The van der Waals surface area contributed by atoms with Crippen molar-refractivity contribution >= 4 is 16.9 Å². The van der Waals surface area contributed by atoms with Crippen LogP contribution < -0.4 is 5.32 Å². The van der Waals surface area contributed by atoms with Gasteiger partial charge in [-0.2, -0.15) is 0 Å². The first-order valence-corrected chi connectivity index (χ1v) is 6.99. The van der Waals surface area contributed by atoms with E-state index in [2.05, 4.69) is 10.3 Å². The monoisotopic (exact) mass is 299 g/mol. The molecule has 1 atom stereocenters. The summed E-state index contributed by atoms with van der Waals surface area (Å²) in [6.45, 7) is 2.01. The van der Waals surface area contributed by atoms with Gasteiger partial charge in [0.15, 0.2) is 0 Å². The second-order valence-corrected chi connectivity index (χ2v) is 5.16. The van der Waals surface area contributed by atoms with E-state index >= 15 is 0 Å². The number of nitrogens with zero attached hydrogens (tertiary/aromatic N) is 2. The number of fused-ring (bicyclic) bond motifs is 1. The lowest BCUT2D eigenvalue weighted by atomic mass is 10.2. The topological polar surface area (TPSA) is 80.3 Å². The van der Waals surface area contributed by atoms with Crippen molar-refractivity contribution in [3.8, 4) is 0 Å². The molecule has 0 radical (unpaired) electrons. The Hall–Kier alpha value is -2.60. The van der Waals surface area contributed by atoms with Crippen LogP contribution in [0.25, 0.3) is 11.0 Å². The van der Waals surface area contributed by atoms with E-state index in [4.69, 9.17) is 4.42 Å². The van der Waals surface area contributed by atoms with Gasteiger partial charge in [0, 0.05) is 12.6 Å². The molecule has 1 unspecified atom stereocenters. The Morgan fingerprint density at radius 2 is 2.27 bits per heavy atom. The molecule has 3 aromatic rings. The van der Waals surface area contributed by atoms with Gasteiger partial charge in [-0.15, -0.1) is 0 Å². The van der Waals surface area contributed by atoms with Gasteiger partial charge >= 0.3 is 0 Å². The molecule has 1 amide bonds. The van der Waals surface area contributed by atoms with Crippen molar-refractivity contribution in [2.24, 2.45) is 7.05 Å². The zero-order valence-electron chi connectivity index (χ0n) is 12.4. The lowest BCUT2D eigenvalue weighted by Crippen LogP contribution is -2.28. The number of carbonyl (C=O) groups excluding carboxylic acids is 1. The average Bonchev–Trinajstić information content (AvgIpc) is 3.14. The highest BCUT2D eigenvalue weighted by atomic mass is 16.4. The average molecular weight is 299 g/mol. The number of aromatic nitrogens is 2. The molecule has 2 N–H and O–H groups in total. The molecule has 114 valence electrons. The summed E-state index contributed by atoms with van der Waals surface area (Å²) in [5.41, 5.74) is 2.26. The van der Waals surface area contributed by atoms with Gasteiger partial charge in [0.1, 0.15) is 17.7 Å². The molecule has 6 heteroatoms. The van der Waals surface area contributed by atoms with Crippen LogP contribution in [0.4, 0.5) is 0 Å². The van der Waals surface area contributed by atoms with E-state index in [0.717, 1.165) is 16.9 Å². The van der Waals surface area contributed by atoms with E-state index in [9.17, 15) is 9.90 Å². The predicted molar refractivity (Wildman–Crippen MR) is 81.5 cm³/mol. The first-order valence-electron chi connectivity index (χ1n) is 6.99. The number of aliphatic hydroxyl groups is 1. The molecular formula is C16H17N3O3. The van der Waals surface area contributed by atoms with Crippen molar-refractivity contribution < 1.29 is 14.3 Å². The maximum absolute atomic E-state index is 12.2. The van der Waals surface area contributed by atoms with Gasteiger partial charge in [0.2, 0.25) is 0 Å². The Labute approximate surface area is 127 Å². The number of imidazole rings is 1. The van der Waals surface area contributed by atoms with Crippen LogP contribution in [0.15, 0.2) is 41.0 Å². The van der Waals surface area contributed by atoms with E-state index in [1.54, 1.807) is 24.3 Å². The van der Waals surface area contributed by atoms with Crippen LogP contribution in [0, 0.1) is 6.92 Å². The van der Waals surface area contributed by atoms with Crippen LogP contribution in [0.2, 0.25) is 0 Å². The highest BCUT2D eigenvalue weighted by Crippen LogP contribution is 2.17. The summed E-state index contributed by atoms with van der Waals surface area (Å²) in [6, 6.07) is 8.72. The number of carbonyl (C=O) groups is 1. The number of nitrogens with one attached hydrogen (secondary N) is 1. The molecule has 22 heavy (non-hydrogen) atoms. The summed E-state index contributed by atoms with van der Waals surface area (Å²) in [6.07, 6.45) is 0.623. The summed E-state index contributed by atoms with van der Waals surface area (Å²) >= 11 is 0. The van der Waals surface area contributed by atoms with Gasteiger partial charge in [-0.25, -0.2) is 4.98 Å². The van der Waals surface area contributed by atoms with Crippen LogP contribution in [0.5, 0.6) is 0 Å². The van der Waals surface area contributed by atoms with E-state index in [0.29, 0.717) is 11.3 Å². The fourth-order valence-electron chi connectivity index (χ4n) is 2.33. The number of benzene rings is 1. The van der Waals surface area contributed by atoms with Crippen molar-refractivity contribution in [2.75, 3.05) is 6.54 Å². The molecule has 3 rings (SSSR count). The third kappa shape index (κ3) is 2.60. The van der Waals surface area contributed by atoms with E-state index in [1.165, 1.54) is 6.26 Å². The summed E-state index contributed by atoms with van der Waals surface area (Å²) in [7, 11) is 1.93. The number of amides is 1. The molecule has 2 heterocycles. The first-order chi connectivity index (χ1) is 10.6. The quantitative estimate of drug-likeness (QED) is 0.771. The summed E-state index contributed by atoms with van der Waals surface area (Å²) < 4.78 is 7.06. The minimum atomic E-state index is -0.861. The van der Waals surface area contributed by atoms with Gasteiger partial charge in [0.25, 0.3) is 5.91 Å². The maximum Gasteiger partial charge on any atom is 0.251 e. The van der Waals surface area contributed by atoms with Crippen molar-refractivity contribution in [1.29, 1.82) is 0 Å². The van der Waals surface area contributed by atoms with Gasteiger partial charge in [0.05, 0.1) is 23.8 Å². The van der Waals surface area contributed by atoms with Gasteiger partial charge in [-0.1, -0.05) is 0 Å². The zero-order valence-corrected chi connectivity index (χ0v) is 12.4. The molecule has 0 saturated carbocycles. The molecule has 6 nitrogen and oxygen atoms in total. The molecule has 1 aromatic carbocycles. The molecule has 0 spiro atoms. The minimum absolute atomic E-state index is 0.0889. The van der Waals surface area contributed by atoms with Crippen molar-refractivity contribution in [3.63, 3.8) is 0 Å². The molecule has 0 saturated heterocycles. The van der Waals surface area contributed by atoms with Crippen LogP contribution in [0.3, 0.4) is 0 Å². The fourth-order valence-corrected chi connectivity index (χ4v) is 2.33. The number of hydrogen-bond donors (Lipinski definition) is 2. The molecule has 0 bridgehead atoms. The Balaban J connectivity index is 1.72. The molecule has 0 aliphatic heterocycles. The molecule has 0 fully saturated rings. The predicted octanol–water partition coefficient (Wildman–Crippen LogP) is 1.94. The molecule has 0 aliphatic rings. The lowest BCUT2D eigenvalue weighted by molar-refractivity contribution is 0.0901. The Bertz CT molecular complexity index is 806. The molecule has 0 aliphatic carbocycles. The SMILES string of the molecule is Cc1nc2cc(C(=O)NCC(O)c3ccco3)ccc2n1C. The van der Waals surface area contributed by atoms with Crippen LogP contribution in [0.1, 0.15) is 28.0 Å². The second kappa shape index (κ2) is 5.65. The first kappa shape index (κ1) is 14.3. The highest BCUT2D eigenvalue weighted by molar-refractivity contribution is 5.97. The van der Waals surface area contributed by atoms with Crippen molar-refractivity contribution in [1.82, 2.24) is 14.9 Å². The van der Waals surface area contributed by atoms with Crippen LogP contribution in [-0.4, -0.2) is 27.1 Å². The van der Waals surface area contributed by atoms with E-state index < -0.39 is 6.10 Å². The lowest BCUT2D eigenvalue weighted by Gasteiger charge is -2.09. The standard InChI is InChI=1S/C16H17N3O3/c1-10-18-12-8-11(5-6-13(12)19(10)2)16(21)17-9-14(20)15-4-3-7-22-15/h3-8,14,20H,9H2,1-2H3,(H,17,21). The fraction of sp³-hybridized carbons (Fsp3) is 0.250. The largest absolute Gasteiger partial charge is 0.467 e. The Morgan fingerprint density at radius 3 is 3.00 bits per heavy atom. The van der Waals surface area contributed by atoms with Crippen LogP contribution >= 0.6 is 0 Å². The van der Waals surface area contributed by atoms with E-state index in [1.807, 2.05) is 24.6 Å². The number of hydrogen-bond acceptors (Lipinski definition) is 4. The maximum atomic E-state index is 12.2.